The van der Waals surface area contributed by atoms with Crippen LogP contribution in [0.25, 0.3) is 282 Å². The number of aromatic nitrogens is 8. The van der Waals surface area contributed by atoms with Gasteiger partial charge in [0.05, 0.1) is 61.0 Å². The minimum Gasteiger partial charge on any atom is -0.254 e. The summed E-state index contributed by atoms with van der Waals surface area (Å²) in [6, 6.07) is 154. The Morgan fingerprint density at radius 2 is 0.449 bits per heavy atom. The molecule has 0 saturated carbocycles. The fourth-order valence-electron chi connectivity index (χ4n) is 20.8. The van der Waals surface area contributed by atoms with E-state index in [9.17, 15) is 0 Å². The molecule has 0 unspecified atom stereocenters. The zero-order chi connectivity index (χ0) is 89.4. The van der Waals surface area contributed by atoms with Crippen LogP contribution in [0.1, 0.15) is 0 Å². The second-order valence-electron chi connectivity index (χ2n) is 35.0. The van der Waals surface area contributed by atoms with Crippen molar-refractivity contribution in [3.8, 4) is 89.5 Å². The monoisotopic (exact) mass is 1760 g/mol. The van der Waals surface area contributed by atoms with Gasteiger partial charge in [0.2, 0.25) is 0 Å². The predicted molar refractivity (Wildman–Crippen MR) is 576 cm³/mol. The van der Waals surface area contributed by atoms with Crippen LogP contribution in [0.15, 0.2) is 449 Å². The van der Waals surface area contributed by atoms with Gasteiger partial charge in [-0.15, -0.1) is 22.7 Å². The maximum absolute atomic E-state index is 5.20. The molecular weight excluding hydrogens is 1690 g/mol. The largest absolute Gasteiger partial charge is 0.254 e. The van der Waals surface area contributed by atoms with E-state index in [-0.39, 0.29) is 0 Å². The molecule has 0 fully saturated rings. The van der Waals surface area contributed by atoms with Crippen LogP contribution in [0.4, 0.5) is 0 Å². The molecule has 9 aromatic heterocycles. The van der Waals surface area contributed by atoms with E-state index in [1.165, 1.54) is 134 Å². The number of hydrogen-bond acceptors (Lipinski definition) is 10. The molecule has 10 heteroatoms. The Morgan fingerprint density at radius 3 is 0.941 bits per heavy atom. The molecule has 9 heterocycles. The summed E-state index contributed by atoms with van der Waals surface area (Å²) in [7, 11) is 0. The first-order chi connectivity index (χ1) is 67.4. The number of nitrogens with zero attached hydrogens (tertiary/aromatic N) is 8. The van der Waals surface area contributed by atoms with Crippen LogP contribution < -0.4 is 0 Å². The van der Waals surface area contributed by atoms with Crippen LogP contribution in [0, 0.1) is 0 Å². The SMILES string of the molecule is c1ccc(-c2cc(-c3ccc4cc(-c5c6ccccc6nc6c5ccc5cccnc56)ccc4c3)nc(-c3ccccc3)n2)cc1.c1cnc2c(c1)ccc1c(-c3c4ccccc4c(-c4ccc5c(c4)sc4ccccc45)c4ccccc34)c3ccccc3nc12.c1cnc2c(c1)ccc1c(-c3ccc4cc5cc(-c6ccc7c(c6)sc6ccccc67)ccc5cc4c3)c3ccccc3nc12. The Balaban J connectivity index is 0.000000103. The van der Waals surface area contributed by atoms with E-state index >= 15 is 0 Å². The average Bonchev–Trinajstić information content (AvgIpc) is 0.735. The summed E-state index contributed by atoms with van der Waals surface area (Å²) in [5.74, 6) is 0.714. The van der Waals surface area contributed by atoms with E-state index in [4.69, 9.17) is 39.9 Å². The van der Waals surface area contributed by atoms with Crippen molar-refractivity contribution in [1.29, 1.82) is 0 Å². The fraction of sp³-hybridized carbons (Fsp3) is 0. The van der Waals surface area contributed by atoms with Crippen molar-refractivity contribution < 1.29 is 0 Å². The van der Waals surface area contributed by atoms with Gasteiger partial charge in [0.15, 0.2) is 5.82 Å². The number of thiophene rings is 2. The summed E-state index contributed by atoms with van der Waals surface area (Å²) in [4.78, 5) is 39.6. The van der Waals surface area contributed by atoms with Crippen LogP contribution in [0.5, 0.6) is 0 Å². The zero-order valence-electron chi connectivity index (χ0n) is 73.1. The van der Waals surface area contributed by atoms with Crippen molar-refractivity contribution in [2.75, 3.05) is 0 Å². The molecule has 29 aromatic rings. The van der Waals surface area contributed by atoms with E-state index in [1.807, 2.05) is 102 Å². The molecule has 0 spiro atoms. The van der Waals surface area contributed by atoms with E-state index < -0.39 is 0 Å². The second-order valence-corrected chi connectivity index (χ2v) is 37.2. The van der Waals surface area contributed by atoms with Gasteiger partial charge in [0, 0.05) is 141 Å². The summed E-state index contributed by atoms with van der Waals surface area (Å²) in [6.07, 6.45) is 5.56. The third kappa shape index (κ3) is 13.3. The topological polar surface area (TPSA) is 103 Å². The molecule has 0 aliphatic rings. The third-order valence-electron chi connectivity index (χ3n) is 27.2. The Hall–Kier alpha value is -17.5. The summed E-state index contributed by atoms with van der Waals surface area (Å²) in [5, 5.41) is 27.6. The highest BCUT2D eigenvalue weighted by molar-refractivity contribution is 7.26. The Morgan fingerprint density at radius 1 is 0.147 bits per heavy atom. The van der Waals surface area contributed by atoms with Crippen molar-refractivity contribution in [2.24, 2.45) is 0 Å². The molecule has 0 atom stereocenters. The van der Waals surface area contributed by atoms with Crippen molar-refractivity contribution >= 4 is 215 Å². The third-order valence-corrected chi connectivity index (χ3v) is 29.4. The predicted octanol–water partition coefficient (Wildman–Crippen LogP) is 34.4. The lowest BCUT2D eigenvalue weighted by Crippen LogP contribution is -1.96. The first-order valence-corrected chi connectivity index (χ1v) is 47.5. The molecule has 136 heavy (non-hydrogen) atoms. The van der Waals surface area contributed by atoms with Gasteiger partial charge in [0.25, 0.3) is 0 Å². The lowest BCUT2D eigenvalue weighted by molar-refractivity contribution is 1.18. The van der Waals surface area contributed by atoms with Gasteiger partial charge in [-0.1, -0.05) is 328 Å². The average molecular weight is 1760 g/mol. The van der Waals surface area contributed by atoms with Gasteiger partial charge in [-0.3, -0.25) is 15.0 Å². The van der Waals surface area contributed by atoms with Crippen molar-refractivity contribution in [3.63, 3.8) is 0 Å². The molecule has 0 radical (unpaired) electrons. The molecule has 0 N–H and O–H groups in total. The zero-order valence-corrected chi connectivity index (χ0v) is 74.8. The van der Waals surface area contributed by atoms with Gasteiger partial charge in [-0.2, -0.15) is 0 Å². The number of fused-ring (bicyclic) bond motifs is 23. The smallest absolute Gasteiger partial charge is 0.160 e. The highest BCUT2D eigenvalue weighted by Gasteiger charge is 2.25. The van der Waals surface area contributed by atoms with Crippen LogP contribution in [0.3, 0.4) is 0 Å². The molecule has 630 valence electrons. The van der Waals surface area contributed by atoms with Gasteiger partial charge in [-0.05, 0) is 196 Å². The lowest BCUT2D eigenvalue weighted by Gasteiger charge is -2.20. The molecule has 29 rings (SSSR count). The first kappa shape index (κ1) is 78.3. The van der Waals surface area contributed by atoms with Crippen LogP contribution in [-0.4, -0.2) is 39.9 Å². The lowest BCUT2D eigenvalue weighted by atomic mass is 9.84. The highest BCUT2D eigenvalue weighted by Crippen LogP contribution is 2.51. The van der Waals surface area contributed by atoms with Crippen LogP contribution in [-0.2, 0) is 0 Å². The Kier molecular flexibility index (Phi) is 18.5. The maximum Gasteiger partial charge on any atom is 0.160 e. The molecule has 0 bridgehead atoms. The molecule has 20 aromatic carbocycles. The summed E-state index contributed by atoms with van der Waals surface area (Å²) < 4.78 is 5.32. The summed E-state index contributed by atoms with van der Waals surface area (Å²) in [5.41, 5.74) is 25.6. The van der Waals surface area contributed by atoms with Gasteiger partial charge < -0.3 is 0 Å². The molecule has 0 saturated heterocycles. The normalized spacial score (nSPS) is 11.8. The van der Waals surface area contributed by atoms with E-state index in [0.717, 1.165) is 143 Å². The second kappa shape index (κ2) is 32.2. The Labute approximate surface area is 787 Å². The van der Waals surface area contributed by atoms with Gasteiger partial charge >= 0.3 is 0 Å². The maximum atomic E-state index is 5.20. The number of hydrogen-bond donors (Lipinski definition) is 0. The number of pyridine rings is 6. The minimum absolute atomic E-state index is 0.714. The number of para-hydroxylation sites is 3. The van der Waals surface area contributed by atoms with Crippen molar-refractivity contribution in [1.82, 2.24) is 39.9 Å². The number of rotatable bonds is 8. The molecular formula is C126H74N8S2. The minimum atomic E-state index is 0.714. The Bertz CT molecular complexity index is 9940. The van der Waals surface area contributed by atoms with E-state index in [1.54, 1.807) is 0 Å². The van der Waals surface area contributed by atoms with Gasteiger partial charge in [-0.25, -0.2) is 24.9 Å². The van der Waals surface area contributed by atoms with E-state index in [0.29, 0.717) is 5.82 Å². The molecule has 0 aliphatic heterocycles. The summed E-state index contributed by atoms with van der Waals surface area (Å²) >= 11 is 3.74. The fourth-order valence-corrected chi connectivity index (χ4v) is 23.1. The highest BCUT2D eigenvalue weighted by atomic mass is 32.1. The van der Waals surface area contributed by atoms with E-state index in [2.05, 4.69) is 370 Å². The van der Waals surface area contributed by atoms with Crippen LogP contribution >= 0.6 is 22.7 Å². The quantitative estimate of drug-likeness (QED) is 0.109. The first-order valence-electron chi connectivity index (χ1n) is 45.9. The molecule has 8 nitrogen and oxygen atoms in total. The molecule has 0 aliphatic carbocycles. The van der Waals surface area contributed by atoms with Gasteiger partial charge in [0.1, 0.15) is 0 Å². The standard InChI is InChI=1S/C42H26N4.2C42H24N2S/c1-3-10-27(11-4-1)37-26-38(46-42(45-37)29-12-5-2-6-13-29)32-19-17-31-25-33(20-18-30(31)24-32)39-34-15-7-8-16-36(34)44-41-35(39)22-21-28-14-9-23-43-40(28)41;1-3-14-31-29(12-1)38(26-20-21-28-27-11-6-8-18-36(27)45-37(28)24-26)30-13-2-4-15-32(30)39(31)40-33-16-5-7-17-35(33)44-42-34(40)22-19-25-10-9-23-43-41(25)42;1-3-9-37-35(8-1)40(36-18-15-25-6-5-19-43-41(25)42(36)44-37)30-14-13-28-21-31-20-26(11-12-27(31)22-32(28)23-30)29-16-17-34-33-7-2-4-10-38(33)45-39(34)24-29/h1-26H;2*1-24H. The summed E-state index contributed by atoms with van der Waals surface area (Å²) in [6.45, 7) is 0. The van der Waals surface area contributed by atoms with Crippen molar-refractivity contribution in [2.45, 2.75) is 0 Å². The van der Waals surface area contributed by atoms with Crippen molar-refractivity contribution in [3.05, 3.63) is 449 Å². The number of benzene rings is 20. The van der Waals surface area contributed by atoms with Crippen LogP contribution in [0.2, 0.25) is 0 Å². The molecule has 0 amide bonds.